The quantitative estimate of drug-likeness (QED) is 0.0406. The first-order valence-electron chi connectivity index (χ1n) is 29.3. The van der Waals surface area contributed by atoms with Crippen molar-refractivity contribution in [1.82, 2.24) is 51.7 Å². The largest absolute Gasteiger partial charge is 0.508 e. The summed E-state index contributed by atoms with van der Waals surface area (Å²) in [5, 5.41) is 45.5. The van der Waals surface area contributed by atoms with Gasteiger partial charge in [-0.1, -0.05) is 68.4 Å². The lowest BCUT2D eigenvalue weighted by atomic mass is 9.77. The number of anilines is 2. The summed E-state index contributed by atoms with van der Waals surface area (Å²) in [6.45, 7) is 14.9. The summed E-state index contributed by atoms with van der Waals surface area (Å²) >= 11 is 1.58. The molecule has 20 heteroatoms. The molecule has 9 heterocycles. The van der Waals surface area contributed by atoms with E-state index in [2.05, 4.69) is 53.4 Å². The second kappa shape index (κ2) is 23.2. The number of ketones is 1. The number of amides is 1. The van der Waals surface area contributed by atoms with E-state index >= 15 is 4.39 Å². The number of piperazine rings is 2. The number of piperidine rings is 1. The Balaban J connectivity index is 0.717. The highest BCUT2D eigenvalue weighted by Crippen LogP contribution is 2.42. The number of aryl methyl sites for hydroxylation is 2. The number of phenolic OH excluding ortho intramolecular Hbond substituents is 1. The molecule has 1 amide bonds. The Kier molecular flexibility index (Phi) is 15.8. The molecule has 8 atom stereocenters. The van der Waals surface area contributed by atoms with Crippen LogP contribution in [-0.2, 0) is 21.4 Å². The number of thiazole rings is 1. The number of Topliss-reactive ketones (excluding diaryl/α,β-unsaturated/α-hetero) is 1. The lowest BCUT2D eigenvalue weighted by molar-refractivity contribution is -0.138. The third kappa shape index (κ3) is 11.0. The molecule has 18 nitrogen and oxygen atoms in total. The number of aliphatic hydroxyl groups is 1. The Bertz CT molecular complexity index is 3470. The van der Waals surface area contributed by atoms with Gasteiger partial charge in [-0.15, -0.1) is 11.3 Å². The molecule has 7 N–H and O–H groups in total. The van der Waals surface area contributed by atoms with E-state index in [9.17, 15) is 19.8 Å². The zero-order valence-electron chi connectivity index (χ0n) is 47.4. The van der Waals surface area contributed by atoms with Gasteiger partial charge in [0.25, 0.3) is 0 Å². The first-order valence-corrected chi connectivity index (χ1v) is 30.2. The van der Waals surface area contributed by atoms with Crippen LogP contribution in [0.2, 0.25) is 0 Å². The summed E-state index contributed by atoms with van der Waals surface area (Å²) in [5.74, 6) is 0.261. The summed E-state index contributed by atoms with van der Waals surface area (Å²) in [6, 6.07) is 17.8. The number of ether oxygens (including phenoxy) is 1. The topological polar surface area (TPSA) is 228 Å². The van der Waals surface area contributed by atoms with Crippen LogP contribution in [0.5, 0.6) is 11.8 Å². The Morgan fingerprint density at radius 2 is 1.85 bits per heavy atom. The number of carbonyl (C=O) groups excluding carboxylic acids is 2. The summed E-state index contributed by atoms with van der Waals surface area (Å²) in [5.41, 5.74) is 4.90. The number of β-amino-alcohol motifs (C(OH)–C–C–N with tert-alkyl or cyclic N) is 1. The molecule has 5 aliphatic rings. The minimum atomic E-state index is -1.63. The minimum Gasteiger partial charge on any atom is -0.508 e. The van der Waals surface area contributed by atoms with E-state index in [4.69, 9.17) is 24.2 Å². The molecule has 12 rings (SSSR count). The number of aliphatic hydroxyl groups excluding tert-OH is 1. The SMILES string of the molecule is CCc1cccc2cc(O)cc(-c3ncc4c(N5CC6CCC(C5)N6)nc(OCCC5CC(CC6CNCCN6c6cnoc6C(C)(C)CC(=O)[C@@]6(C(=O)N[C@@H](C)c7ccc(-c8scnc8C)cc7)CC(O)CN6)CCN5)nc4c3F)c12. The van der Waals surface area contributed by atoms with Crippen LogP contribution in [0.3, 0.4) is 0 Å². The van der Waals surface area contributed by atoms with E-state index in [1.165, 1.54) is 0 Å². The Labute approximate surface area is 481 Å². The molecule has 5 saturated heterocycles. The summed E-state index contributed by atoms with van der Waals surface area (Å²) in [7, 11) is 0. The lowest BCUT2D eigenvalue weighted by Crippen LogP contribution is -2.60. The number of phenols is 1. The average Bonchev–Trinajstić information content (AvgIpc) is 4.37. The van der Waals surface area contributed by atoms with Gasteiger partial charge < -0.3 is 50.5 Å². The fourth-order valence-electron chi connectivity index (χ4n) is 13.7. The molecule has 4 aromatic heterocycles. The second-order valence-corrected chi connectivity index (χ2v) is 25.0. The standard InChI is InChI=1S/C62H75FN12O6S/c1-6-38-8-7-9-41-24-46(76)25-48(52(38)41)54-53(63)55-49(30-66-54)58(74-32-43-14-15-44(33-74)71-43)73-60(72-55)80-21-17-42-22-37(16-18-65-42)23-45-28-64-19-20-75(45)50-31-69-81-57(50)61(4,5)27-51(78)62(26-47(77)29-68-62)59(79)70-35(2)39-10-12-40(13-11-39)56-36(3)67-34-82-56/h7-13,24-25,30-31,34-35,37,42-45,47,64-65,68,71,76-77H,6,14-23,26-29,32-33H2,1-5H3,(H,70,79)/t35-,37?,42?,43?,44?,45?,47?,62+/m0/s1. The molecular weight excluding hydrogens is 1060 g/mol. The zero-order valence-corrected chi connectivity index (χ0v) is 48.3. The van der Waals surface area contributed by atoms with Gasteiger partial charge in [-0.25, -0.2) is 9.37 Å². The summed E-state index contributed by atoms with van der Waals surface area (Å²) in [6.07, 6.45) is 8.93. The number of hydrogen-bond donors (Lipinski definition) is 7. The van der Waals surface area contributed by atoms with Gasteiger partial charge in [0.1, 0.15) is 28.5 Å². The maximum absolute atomic E-state index is 17.3. The van der Waals surface area contributed by atoms with Gasteiger partial charge in [0.05, 0.1) is 46.4 Å². The third-order valence-electron chi connectivity index (χ3n) is 18.0. The van der Waals surface area contributed by atoms with Crippen LogP contribution in [0.15, 0.2) is 77.0 Å². The number of pyridine rings is 1. The van der Waals surface area contributed by atoms with Crippen LogP contribution < -0.4 is 41.1 Å². The van der Waals surface area contributed by atoms with Crippen LogP contribution >= 0.6 is 11.3 Å². The molecule has 0 radical (unpaired) electrons. The predicted octanol–water partition coefficient (Wildman–Crippen LogP) is 7.83. The highest BCUT2D eigenvalue weighted by Gasteiger charge is 2.53. The Morgan fingerprint density at radius 3 is 2.61 bits per heavy atom. The maximum atomic E-state index is 17.3. The molecule has 0 aliphatic carbocycles. The van der Waals surface area contributed by atoms with E-state index in [1.807, 2.05) is 75.7 Å². The molecular formula is C62H75FN12O6S. The van der Waals surface area contributed by atoms with Crippen molar-refractivity contribution in [3.05, 3.63) is 101 Å². The molecule has 6 unspecified atom stereocenters. The van der Waals surface area contributed by atoms with Gasteiger partial charge in [0.2, 0.25) is 5.91 Å². The molecule has 82 heavy (non-hydrogen) atoms. The van der Waals surface area contributed by atoms with Gasteiger partial charge >= 0.3 is 6.01 Å². The highest BCUT2D eigenvalue weighted by atomic mass is 32.1. The van der Waals surface area contributed by atoms with E-state index in [-0.39, 0.29) is 60.2 Å². The van der Waals surface area contributed by atoms with Gasteiger partial charge in [0.15, 0.2) is 22.9 Å². The number of carbonyl (C=O) groups is 2. The highest BCUT2D eigenvalue weighted by molar-refractivity contribution is 7.13. The van der Waals surface area contributed by atoms with Crippen LogP contribution in [-0.4, -0.2) is 135 Å². The number of hydrogen-bond acceptors (Lipinski definition) is 18. The number of halogens is 1. The van der Waals surface area contributed by atoms with Crippen LogP contribution in [0.25, 0.3) is 43.4 Å². The van der Waals surface area contributed by atoms with Crippen LogP contribution in [0, 0.1) is 18.7 Å². The number of rotatable bonds is 18. The molecule has 5 aliphatic heterocycles. The van der Waals surface area contributed by atoms with Gasteiger partial charge in [0, 0.05) is 93.5 Å². The number of aromatic hydroxyl groups is 1. The number of nitrogens with one attached hydrogen (secondary N) is 5. The van der Waals surface area contributed by atoms with E-state index in [0.717, 1.165) is 122 Å². The summed E-state index contributed by atoms with van der Waals surface area (Å²) in [4.78, 5) is 53.6. The Hall–Kier alpha value is -6.68. The molecule has 0 spiro atoms. The van der Waals surface area contributed by atoms with E-state index < -0.39 is 34.8 Å². The van der Waals surface area contributed by atoms with Crippen molar-refractivity contribution < 1.29 is 33.5 Å². The molecule has 0 saturated carbocycles. The van der Waals surface area contributed by atoms with Crippen molar-refractivity contribution in [2.45, 2.75) is 140 Å². The first kappa shape index (κ1) is 55.8. The number of nitrogens with zero attached hydrogens (tertiary/aromatic N) is 7. The van der Waals surface area contributed by atoms with Crippen molar-refractivity contribution in [3.8, 4) is 33.5 Å². The van der Waals surface area contributed by atoms with Crippen molar-refractivity contribution in [3.63, 3.8) is 0 Å². The zero-order chi connectivity index (χ0) is 56.9. The van der Waals surface area contributed by atoms with Crippen LogP contribution in [0.1, 0.15) is 108 Å². The van der Waals surface area contributed by atoms with E-state index in [0.29, 0.717) is 53.6 Å². The fraction of sp³-hybridized carbons (Fsp3) is 0.500. The molecule has 5 fully saturated rings. The smallest absolute Gasteiger partial charge is 0.319 e. The van der Waals surface area contributed by atoms with Gasteiger partial charge in [-0.2, -0.15) is 9.97 Å². The van der Waals surface area contributed by atoms with Crippen molar-refractivity contribution in [2.75, 3.05) is 62.2 Å². The first-order chi connectivity index (χ1) is 39.6. The van der Waals surface area contributed by atoms with Gasteiger partial charge in [-0.3, -0.25) is 19.9 Å². The van der Waals surface area contributed by atoms with Gasteiger partial charge in [-0.05, 0) is 111 Å². The van der Waals surface area contributed by atoms with Crippen LogP contribution in [0.4, 0.5) is 15.9 Å². The van der Waals surface area contributed by atoms with Crippen molar-refractivity contribution in [1.29, 1.82) is 0 Å². The number of benzene rings is 3. The normalized spacial score (nSPS) is 24.3. The third-order valence-corrected chi connectivity index (χ3v) is 19.0. The second-order valence-electron chi connectivity index (χ2n) is 24.1. The van der Waals surface area contributed by atoms with Crippen molar-refractivity contribution >= 4 is 56.2 Å². The monoisotopic (exact) mass is 1130 g/mol. The predicted molar refractivity (Wildman–Crippen MR) is 316 cm³/mol. The Morgan fingerprint density at radius 1 is 1.04 bits per heavy atom. The average molecular weight is 1140 g/mol. The minimum absolute atomic E-state index is 0.0276. The number of aromatic nitrogens is 5. The molecule has 432 valence electrons. The summed E-state index contributed by atoms with van der Waals surface area (Å²) < 4.78 is 29.8. The molecule has 2 bridgehead atoms. The van der Waals surface area contributed by atoms with E-state index in [1.54, 1.807) is 35.9 Å². The molecule has 3 aromatic carbocycles. The lowest BCUT2D eigenvalue weighted by Gasteiger charge is -2.41. The fourth-order valence-corrected chi connectivity index (χ4v) is 14.5. The van der Waals surface area contributed by atoms with Crippen molar-refractivity contribution in [2.24, 2.45) is 5.92 Å². The molecule has 7 aromatic rings. The maximum Gasteiger partial charge on any atom is 0.319 e. The number of fused-ring (bicyclic) bond motifs is 4.